The SMILES string of the molecule is COCCN(CC1=CCC=C(C(=O)O)C=C1Cl)C(=O)OC(C)(C)C. The number of halogens is 1. The molecule has 7 heteroatoms. The van der Waals surface area contributed by atoms with E-state index in [2.05, 4.69) is 0 Å². The van der Waals surface area contributed by atoms with Crippen molar-refractivity contribution >= 4 is 23.7 Å². The second-order valence-corrected chi connectivity index (χ2v) is 6.72. The zero-order valence-corrected chi connectivity index (χ0v) is 15.2. The van der Waals surface area contributed by atoms with E-state index < -0.39 is 17.7 Å². The Kier molecular flexibility index (Phi) is 7.51. The molecule has 1 rings (SSSR count). The molecule has 0 saturated heterocycles. The molecule has 0 spiro atoms. The number of allylic oxidation sites excluding steroid dienone is 2. The molecule has 0 aliphatic heterocycles. The number of hydrogen-bond acceptors (Lipinski definition) is 4. The van der Waals surface area contributed by atoms with Crippen molar-refractivity contribution in [3.8, 4) is 0 Å². The van der Waals surface area contributed by atoms with Gasteiger partial charge in [-0.2, -0.15) is 0 Å². The minimum atomic E-state index is -1.04. The summed E-state index contributed by atoms with van der Waals surface area (Å²) in [6.07, 6.45) is 4.73. The number of aliphatic carboxylic acids is 1. The highest BCUT2D eigenvalue weighted by molar-refractivity contribution is 6.32. The Morgan fingerprint density at radius 2 is 2.00 bits per heavy atom. The molecule has 0 fully saturated rings. The topological polar surface area (TPSA) is 76.1 Å². The maximum Gasteiger partial charge on any atom is 0.410 e. The van der Waals surface area contributed by atoms with E-state index in [4.69, 9.17) is 26.2 Å². The van der Waals surface area contributed by atoms with Crippen LogP contribution in [0.5, 0.6) is 0 Å². The summed E-state index contributed by atoms with van der Waals surface area (Å²) < 4.78 is 10.4. The highest BCUT2D eigenvalue weighted by Gasteiger charge is 2.24. The molecule has 24 heavy (non-hydrogen) atoms. The summed E-state index contributed by atoms with van der Waals surface area (Å²) >= 11 is 6.22. The lowest BCUT2D eigenvalue weighted by atomic mass is 10.2. The van der Waals surface area contributed by atoms with Crippen LogP contribution in [0.15, 0.2) is 34.4 Å². The quantitative estimate of drug-likeness (QED) is 0.789. The molecule has 0 aromatic rings. The van der Waals surface area contributed by atoms with Gasteiger partial charge in [-0.05, 0) is 38.8 Å². The van der Waals surface area contributed by atoms with Gasteiger partial charge in [-0.15, -0.1) is 0 Å². The van der Waals surface area contributed by atoms with Crippen molar-refractivity contribution in [2.45, 2.75) is 32.8 Å². The second-order valence-electron chi connectivity index (χ2n) is 6.32. The number of methoxy groups -OCH3 is 1. The highest BCUT2D eigenvalue weighted by atomic mass is 35.5. The molecule has 1 aliphatic carbocycles. The molecular weight excluding hydrogens is 334 g/mol. The van der Waals surface area contributed by atoms with Crippen LogP contribution in [-0.2, 0) is 14.3 Å². The fourth-order valence-electron chi connectivity index (χ4n) is 1.97. The van der Waals surface area contributed by atoms with Crippen molar-refractivity contribution in [3.05, 3.63) is 34.4 Å². The zero-order chi connectivity index (χ0) is 18.3. The van der Waals surface area contributed by atoms with Gasteiger partial charge in [-0.3, -0.25) is 0 Å². The minimum absolute atomic E-state index is 0.131. The van der Waals surface area contributed by atoms with Crippen molar-refractivity contribution in [1.82, 2.24) is 4.90 Å². The summed E-state index contributed by atoms with van der Waals surface area (Å²) in [5.41, 5.74) is 0.191. The molecule has 1 aliphatic rings. The zero-order valence-electron chi connectivity index (χ0n) is 14.5. The van der Waals surface area contributed by atoms with Gasteiger partial charge in [0.25, 0.3) is 0 Å². The van der Waals surface area contributed by atoms with Gasteiger partial charge in [0.2, 0.25) is 0 Å². The summed E-state index contributed by atoms with van der Waals surface area (Å²) in [7, 11) is 1.55. The first-order chi connectivity index (χ1) is 11.1. The Balaban J connectivity index is 2.90. The third kappa shape index (κ3) is 6.76. The number of ether oxygens (including phenoxy) is 2. The Morgan fingerprint density at radius 3 is 2.54 bits per heavy atom. The van der Waals surface area contributed by atoms with Gasteiger partial charge >= 0.3 is 12.1 Å². The smallest absolute Gasteiger partial charge is 0.410 e. The molecule has 134 valence electrons. The Morgan fingerprint density at radius 1 is 1.33 bits per heavy atom. The highest BCUT2D eigenvalue weighted by Crippen LogP contribution is 2.23. The molecule has 0 unspecified atom stereocenters. The van der Waals surface area contributed by atoms with Gasteiger partial charge in [-0.25, -0.2) is 9.59 Å². The first kappa shape index (κ1) is 20.3. The van der Waals surface area contributed by atoms with E-state index in [-0.39, 0.29) is 12.1 Å². The van der Waals surface area contributed by atoms with Crippen LogP contribution in [0.25, 0.3) is 0 Å². The maximum absolute atomic E-state index is 12.4. The van der Waals surface area contributed by atoms with Crippen molar-refractivity contribution in [1.29, 1.82) is 0 Å². The van der Waals surface area contributed by atoms with E-state index in [1.807, 2.05) is 0 Å². The first-order valence-corrected chi connectivity index (χ1v) is 7.98. The molecule has 0 bridgehead atoms. The molecule has 0 aromatic heterocycles. The molecule has 0 aromatic carbocycles. The van der Waals surface area contributed by atoms with Crippen LogP contribution in [0.3, 0.4) is 0 Å². The van der Waals surface area contributed by atoms with Crippen LogP contribution in [0.2, 0.25) is 0 Å². The van der Waals surface area contributed by atoms with Crippen molar-refractivity contribution in [2.75, 3.05) is 26.8 Å². The van der Waals surface area contributed by atoms with E-state index >= 15 is 0 Å². The summed E-state index contributed by atoms with van der Waals surface area (Å²) in [4.78, 5) is 24.9. The Bertz CT molecular complexity index is 572. The number of carbonyl (C=O) groups is 2. The van der Waals surface area contributed by atoms with E-state index in [1.54, 1.807) is 40.0 Å². The second kappa shape index (κ2) is 8.89. The minimum Gasteiger partial charge on any atom is -0.478 e. The van der Waals surface area contributed by atoms with Gasteiger partial charge in [0.05, 0.1) is 18.7 Å². The van der Waals surface area contributed by atoms with Crippen LogP contribution in [0.4, 0.5) is 4.79 Å². The van der Waals surface area contributed by atoms with Gasteiger partial charge in [0, 0.05) is 18.7 Å². The van der Waals surface area contributed by atoms with Gasteiger partial charge in [0.15, 0.2) is 0 Å². The number of carboxylic acids is 1. The van der Waals surface area contributed by atoms with Gasteiger partial charge < -0.3 is 19.5 Å². The normalized spacial score (nSPS) is 15.0. The molecule has 0 radical (unpaired) electrons. The molecule has 0 saturated carbocycles. The molecular formula is C17H24ClNO5. The van der Waals surface area contributed by atoms with E-state index in [1.165, 1.54) is 11.0 Å². The Labute approximate surface area is 147 Å². The molecule has 6 nitrogen and oxygen atoms in total. The lowest BCUT2D eigenvalue weighted by Crippen LogP contribution is -2.39. The lowest BCUT2D eigenvalue weighted by molar-refractivity contribution is -0.132. The van der Waals surface area contributed by atoms with Gasteiger partial charge in [-0.1, -0.05) is 23.8 Å². The monoisotopic (exact) mass is 357 g/mol. The number of rotatable bonds is 6. The molecule has 0 atom stereocenters. The third-order valence-corrected chi connectivity index (χ3v) is 3.47. The first-order valence-electron chi connectivity index (χ1n) is 7.61. The van der Waals surface area contributed by atoms with Crippen molar-refractivity contribution in [3.63, 3.8) is 0 Å². The molecule has 1 amide bonds. The summed E-state index contributed by atoms with van der Waals surface area (Å²) in [5.74, 6) is -1.04. The van der Waals surface area contributed by atoms with Crippen LogP contribution in [-0.4, -0.2) is 54.5 Å². The number of hydrogen-bond donors (Lipinski definition) is 1. The summed E-state index contributed by atoms with van der Waals surface area (Å²) in [6, 6.07) is 0. The largest absolute Gasteiger partial charge is 0.478 e. The van der Waals surface area contributed by atoms with Crippen LogP contribution in [0.1, 0.15) is 27.2 Å². The van der Waals surface area contributed by atoms with Crippen molar-refractivity contribution < 1.29 is 24.2 Å². The lowest BCUT2D eigenvalue weighted by Gasteiger charge is -2.28. The van der Waals surface area contributed by atoms with Crippen molar-refractivity contribution in [2.24, 2.45) is 0 Å². The predicted octanol–water partition coefficient (Wildman–Crippen LogP) is 3.33. The number of carboxylic acid groups (broad SMARTS) is 1. The van der Waals surface area contributed by atoms with E-state index in [9.17, 15) is 9.59 Å². The summed E-state index contributed by atoms with van der Waals surface area (Å²) in [6.45, 7) is 6.29. The fourth-order valence-corrected chi connectivity index (χ4v) is 2.23. The fraction of sp³-hybridized carbons (Fsp3) is 0.529. The molecule has 1 N–H and O–H groups in total. The predicted molar refractivity (Wildman–Crippen MR) is 92.0 cm³/mol. The average Bonchev–Trinajstić information content (AvgIpc) is 2.63. The Hall–Kier alpha value is -1.79. The number of nitrogens with zero attached hydrogens (tertiary/aromatic N) is 1. The molecule has 0 heterocycles. The van der Waals surface area contributed by atoms with Crippen LogP contribution < -0.4 is 0 Å². The number of carbonyl (C=O) groups excluding carboxylic acids is 1. The van der Waals surface area contributed by atoms with E-state index in [0.29, 0.717) is 30.2 Å². The van der Waals surface area contributed by atoms with Crippen LogP contribution >= 0.6 is 11.6 Å². The maximum atomic E-state index is 12.4. The van der Waals surface area contributed by atoms with Crippen LogP contribution in [0, 0.1) is 0 Å². The number of amides is 1. The average molecular weight is 358 g/mol. The standard InChI is InChI=1S/C17H24ClNO5/c1-17(2,3)24-16(22)19(8-9-23-4)11-13-7-5-6-12(15(20)21)10-14(13)18/h6-7,10H,5,8-9,11H2,1-4H3,(H,20,21). The van der Waals surface area contributed by atoms with Gasteiger partial charge in [0.1, 0.15) is 5.60 Å². The summed E-state index contributed by atoms with van der Waals surface area (Å²) in [5, 5.41) is 9.38. The van der Waals surface area contributed by atoms with E-state index in [0.717, 1.165) is 0 Å². The third-order valence-electron chi connectivity index (χ3n) is 3.12.